The van der Waals surface area contributed by atoms with Gasteiger partial charge in [0.05, 0.1) is 0 Å². The zero-order valence-electron chi connectivity index (χ0n) is 7.69. The summed E-state index contributed by atoms with van der Waals surface area (Å²) in [6.07, 6.45) is 4.19. The highest BCUT2D eigenvalue weighted by Gasteiger charge is 2.25. The van der Waals surface area contributed by atoms with Crippen LogP contribution in [0.4, 0.5) is 0 Å². The summed E-state index contributed by atoms with van der Waals surface area (Å²) in [7, 11) is 0. The third-order valence-electron chi connectivity index (χ3n) is 2.31. The Bertz CT molecular complexity index is 136. The second kappa shape index (κ2) is 3.91. The minimum Gasteiger partial charge on any atom is -0.311 e. The minimum atomic E-state index is 0.576. The Morgan fingerprint density at radius 1 is 1.64 bits per heavy atom. The lowest BCUT2D eigenvalue weighted by molar-refractivity contribution is 0.521. The molecule has 0 aromatic heterocycles. The van der Waals surface area contributed by atoms with Gasteiger partial charge in [-0.3, -0.25) is 0 Å². The molecular formula is C10H19N. The van der Waals surface area contributed by atoms with Gasteiger partial charge >= 0.3 is 0 Å². The van der Waals surface area contributed by atoms with Gasteiger partial charge in [0.15, 0.2) is 0 Å². The van der Waals surface area contributed by atoms with E-state index < -0.39 is 0 Å². The lowest BCUT2D eigenvalue weighted by atomic mass is 10.0. The zero-order chi connectivity index (χ0) is 8.27. The molecule has 1 N–H and O–H groups in total. The van der Waals surface area contributed by atoms with Crippen molar-refractivity contribution in [2.24, 2.45) is 5.92 Å². The molecule has 11 heavy (non-hydrogen) atoms. The van der Waals surface area contributed by atoms with Crippen LogP contribution in [0.5, 0.6) is 0 Å². The summed E-state index contributed by atoms with van der Waals surface area (Å²) in [6, 6.07) is 0.576. The molecule has 1 nitrogen and oxygen atoms in total. The molecule has 1 fully saturated rings. The number of hydrogen-bond acceptors (Lipinski definition) is 1. The first-order chi connectivity index (χ1) is 5.24. The molecule has 1 unspecified atom stereocenters. The third-order valence-corrected chi connectivity index (χ3v) is 2.31. The van der Waals surface area contributed by atoms with Crippen LogP contribution < -0.4 is 5.32 Å². The van der Waals surface area contributed by atoms with E-state index in [1.165, 1.54) is 24.8 Å². The van der Waals surface area contributed by atoms with E-state index in [2.05, 4.69) is 25.7 Å². The Balaban J connectivity index is 2.24. The number of rotatable bonds is 5. The molecule has 0 aromatic carbocycles. The molecule has 1 saturated carbocycles. The Hall–Kier alpha value is -0.300. The van der Waals surface area contributed by atoms with E-state index in [0.717, 1.165) is 12.5 Å². The molecule has 0 spiro atoms. The Morgan fingerprint density at radius 2 is 2.27 bits per heavy atom. The molecule has 1 aliphatic rings. The first-order valence-electron chi connectivity index (χ1n) is 4.62. The first-order valence-corrected chi connectivity index (χ1v) is 4.62. The normalized spacial score (nSPS) is 19.8. The van der Waals surface area contributed by atoms with Crippen molar-refractivity contribution in [3.63, 3.8) is 0 Å². The Morgan fingerprint density at radius 3 is 2.64 bits per heavy atom. The molecule has 1 atom stereocenters. The summed E-state index contributed by atoms with van der Waals surface area (Å²) in [4.78, 5) is 0. The van der Waals surface area contributed by atoms with Crippen molar-refractivity contribution in [1.82, 2.24) is 5.32 Å². The van der Waals surface area contributed by atoms with Crippen molar-refractivity contribution in [2.45, 2.75) is 39.2 Å². The average molecular weight is 153 g/mol. The predicted octanol–water partition coefficient (Wildman–Crippen LogP) is 2.34. The second-order valence-electron chi connectivity index (χ2n) is 3.64. The number of likely N-dealkylation sites (N-methyl/N-ethyl adjacent to an activating group) is 1. The van der Waals surface area contributed by atoms with Gasteiger partial charge in [-0.25, -0.2) is 0 Å². The van der Waals surface area contributed by atoms with Crippen LogP contribution in [0.3, 0.4) is 0 Å². The fourth-order valence-corrected chi connectivity index (χ4v) is 1.39. The molecule has 64 valence electrons. The minimum absolute atomic E-state index is 0.576. The Labute approximate surface area is 69.9 Å². The highest BCUT2D eigenvalue weighted by atomic mass is 14.9. The highest BCUT2D eigenvalue weighted by molar-refractivity contribution is 5.03. The average Bonchev–Trinajstić information content (AvgIpc) is 2.70. The van der Waals surface area contributed by atoms with E-state index in [9.17, 15) is 0 Å². The fraction of sp³-hybridized carbons (Fsp3) is 0.800. The maximum Gasteiger partial charge on any atom is 0.0276 e. The topological polar surface area (TPSA) is 12.0 Å². The number of nitrogens with one attached hydrogen (secondary N) is 1. The summed E-state index contributed by atoms with van der Waals surface area (Å²) < 4.78 is 0. The molecule has 0 bridgehead atoms. The maximum atomic E-state index is 3.99. The van der Waals surface area contributed by atoms with Crippen molar-refractivity contribution < 1.29 is 0 Å². The van der Waals surface area contributed by atoms with Crippen LogP contribution in [0.1, 0.15) is 33.1 Å². The molecule has 1 rings (SSSR count). The highest BCUT2D eigenvalue weighted by Crippen LogP contribution is 2.34. The zero-order valence-corrected chi connectivity index (χ0v) is 7.69. The molecule has 0 amide bonds. The van der Waals surface area contributed by atoms with Gasteiger partial charge < -0.3 is 5.32 Å². The van der Waals surface area contributed by atoms with Crippen LogP contribution in [0.2, 0.25) is 0 Å². The summed E-state index contributed by atoms with van der Waals surface area (Å²) in [5.41, 5.74) is 1.29. The third kappa shape index (κ3) is 3.06. The molecular weight excluding hydrogens is 134 g/mol. The van der Waals surface area contributed by atoms with Gasteiger partial charge in [0.25, 0.3) is 0 Å². The van der Waals surface area contributed by atoms with Crippen LogP contribution in [-0.2, 0) is 0 Å². The molecule has 1 heteroatoms. The standard InChI is InChI=1S/C10H19N/c1-4-11-10(8(2)3)7-9-5-6-9/h9-11H,2,4-7H2,1,3H3. The van der Waals surface area contributed by atoms with Crippen LogP contribution in [0, 0.1) is 5.92 Å². The van der Waals surface area contributed by atoms with E-state index in [1.807, 2.05) is 0 Å². The van der Waals surface area contributed by atoms with Gasteiger partial charge in [0.2, 0.25) is 0 Å². The second-order valence-corrected chi connectivity index (χ2v) is 3.64. The van der Waals surface area contributed by atoms with Crippen LogP contribution >= 0.6 is 0 Å². The number of hydrogen-bond donors (Lipinski definition) is 1. The monoisotopic (exact) mass is 153 g/mol. The first kappa shape index (κ1) is 8.79. The van der Waals surface area contributed by atoms with E-state index in [1.54, 1.807) is 0 Å². The molecule has 0 saturated heterocycles. The Kier molecular flexibility index (Phi) is 3.13. The van der Waals surface area contributed by atoms with Gasteiger partial charge in [0, 0.05) is 6.04 Å². The van der Waals surface area contributed by atoms with Crippen molar-refractivity contribution in [3.05, 3.63) is 12.2 Å². The van der Waals surface area contributed by atoms with Gasteiger partial charge in [-0.1, -0.05) is 31.9 Å². The fourth-order valence-electron chi connectivity index (χ4n) is 1.39. The molecule has 0 aliphatic heterocycles. The predicted molar refractivity (Wildman–Crippen MR) is 49.6 cm³/mol. The van der Waals surface area contributed by atoms with Crippen LogP contribution in [-0.4, -0.2) is 12.6 Å². The maximum absolute atomic E-state index is 3.99. The lowest BCUT2D eigenvalue weighted by Gasteiger charge is -2.17. The summed E-state index contributed by atoms with van der Waals surface area (Å²) in [5, 5.41) is 3.45. The summed E-state index contributed by atoms with van der Waals surface area (Å²) >= 11 is 0. The van der Waals surface area contributed by atoms with Crippen molar-refractivity contribution in [2.75, 3.05) is 6.54 Å². The van der Waals surface area contributed by atoms with E-state index in [-0.39, 0.29) is 0 Å². The van der Waals surface area contributed by atoms with E-state index in [0.29, 0.717) is 6.04 Å². The molecule has 0 heterocycles. The summed E-state index contributed by atoms with van der Waals surface area (Å²) in [5.74, 6) is 0.996. The summed E-state index contributed by atoms with van der Waals surface area (Å²) in [6.45, 7) is 9.33. The smallest absolute Gasteiger partial charge is 0.0276 e. The van der Waals surface area contributed by atoms with E-state index in [4.69, 9.17) is 0 Å². The molecule has 1 aliphatic carbocycles. The van der Waals surface area contributed by atoms with Crippen LogP contribution in [0.25, 0.3) is 0 Å². The van der Waals surface area contributed by atoms with Gasteiger partial charge in [-0.15, -0.1) is 0 Å². The van der Waals surface area contributed by atoms with E-state index >= 15 is 0 Å². The SMILES string of the molecule is C=C(C)C(CC1CC1)NCC. The van der Waals surface area contributed by atoms with Gasteiger partial charge in [0.1, 0.15) is 0 Å². The van der Waals surface area contributed by atoms with Gasteiger partial charge in [-0.05, 0) is 25.8 Å². The quantitative estimate of drug-likeness (QED) is 0.598. The largest absolute Gasteiger partial charge is 0.311 e. The van der Waals surface area contributed by atoms with Gasteiger partial charge in [-0.2, -0.15) is 0 Å². The van der Waals surface area contributed by atoms with Crippen molar-refractivity contribution in [1.29, 1.82) is 0 Å². The van der Waals surface area contributed by atoms with Crippen LogP contribution in [0.15, 0.2) is 12.2 Å². The van der Waals surface area contributed by atoms with Crippen molar-refractivity contribution >= 4 is 0 Å². The molecule has 0 aromatic rings. The molecule has 0 radical (unpaired) electrons. The van der Waals surface area contributed by atoms with Crippen molar-refractivity contribution in [3.8, 4) is 0 Å². The lowest BCUT2D eigenvalue weighted by Crippen LogP contribution is -2.29.